The van der Waals surface area contributed by atoms with Gasteiger partial charge in [-0.1, -0.05) is 19.1 Å². The van der Waals surface area contributed by atoms with Gasteiger partial charge in [-0.05, 0) is 73.5 Å². The molecule has 2 aliphatic heterocycles. The molecule has 3 N–H and O–H groups in total. The van der Waals surface area contributed by atoms with Crippen molar-refractivity contribution in [3.8, 4) is 11.1 Å². The molecule has 2 aliphatic rings. The van der Waals surface area contributed by atoms with Crippen LogP contribution < -0.4 is 15.5 Å². The van der Waals surface area contributed by atoms with Crippen molar-refractivity contribution >= 4 is 28.1 Å². The van der Waals surface area contributed by atoms with Gasteiger partial charge in [0, 0.05) is 43.7 Å². The number of anilines is 2. The van der Waals surface area contributed by atoms with Crippen molar-refractivity contribution in [3.63, 3.8) is 0 Å². The number of piperazine rings is 1. The van der Waals surface area contributed by atoms with Gasteiger partial charge in [0.15, 0.2) is 11.6 Å². The largest absolute Gasteiger partial charge is 0.354 e. The van der Waals surface area contributed by atoms with E-state index in [0.717, 1.165) is 80.1 Å². The fourth-order valence-corrected chi connectivity index (χ4v) is 5.51. The number of piperidine rings is 1. The highest BCUT2D eigenvalue weighted by atomic mass is 19.2. The molecule has 4 heterocycles. The minimum absolute atomic E-state index is 0.252. The average Bonchev–Trinajstić information content (AvgIpc) is 3.40. The molecule has 2 saturated heterocycles. The Bertz CT molecular complexity index is 1470. The molecule has 0 spiro atoms. The third-order valence-corrected chi connectivity index (χ3v) is 7.59. The van der Waals surface area contributed by atoms with E-state index in [1.165, 1.54) is 12.5 Å². The Balaban J connectivity index is 1.24. The highest BCUT2D eigenvalue weighted by molar-refractivity contribution is 5.95. The van der Waals surface area contributed by atoms with E-state index in [9.17, 15) is 4.39 Å². The van der Waals surface area contributed by atoms with Crippen LogP contribution in [-0.2, 0) is 6.54 Å². The van der Waals surface area contributed by atoms with E-state index >= 15 is 4.39 Å². The second-order valence-corrected chi connectivity index (χ2v) is 10.4. The first-order valence-electron chi connectivity index (χ1n) is 13.6. The standard InChI is InChI=1S/C30H33F2N7/c1-20(35-23-6-8-28(34-18-23)39-13-9-33-10-14-39)30-25-17-22(5-7-27(25)36-37-30)24-15-21(16-26(31)29(24)32)19-38-11-3-2-4-12-38/h5-8,15-18,33,35H,1-4,9-14,19H2,(H,36,37). The lowest BCUT2D eigenvalue weighted by Gasteiger charge is -2.28. The van der Waals surface area contributed by atoms with Crippen molar-refractivity contribution in [2.24, 2.45) is 0 Å². The summed E-state index contributed by atoms with van der Waals surface area (Å²) in [5, 5.41) is 14.9. The van der Waals surface area contributed by atoms with Gasteiger partial charge in [0.25, 0.3) is 0 Å². The fourth-order valence-electron chi connectivity index (χ4n) is 5.51. The van der Waals surface area contributed by atoms with Crippen LogP contribution in [0.1, 0.15) is 30.5 Å². The molecule has 0 amide bonds. The second kappa shape index (κ2) is 11.1. The number of halogens is 2. The van der Waals surface area contributed by atoms with E-state index in [-0.39, 0.29) is 5.56 Å². The lowest BCUT2D eigenvalue weighted by Crippen LogP contribution is -2.43. The number of hydrogen-bond donors (Lipinski definition) is 3. The number of likely N-dealkylation sites (tertiary alicyclic amines) is 1. The Hall–Kier alpha value is -3.82. The molecule has 7 nitrogen and oxygen atoms in total. The van der Waals surface area contributed by atoms with Crippen LogP contribution in [0.4, 0.5) is 20.3 Å². The summed E-state index contributed by atoms with van der Waals surface area (Å²) in [7, 11) is 0. The van der Waals surface area contributed by atoms with E-state index in [4.69, 9.17) is 0 Å². The third kappa shape index (κ3) is 5.51. The average molecular weight is 530 g/mol. The molecule has 9 heteroatoms. The molecular formula is C30H33F2N7. The lowest BCUT2D eigenvalue weighted by atomic mass is 9.99. The number of rotatable bonds is 7. The molecule has 6 rings (SSSR count). The zero-order valence-corrected chi connectivity index (χ0v) is 21.9. The molecule has 0 atom stereocenters. The molecule has 2 aromatic heterocycles. The predicted molar refractivity (Wildman–Crippen MR) is 153 cm³/mol. The van der Waals surface area contributed by atoms with Crippen molar-refractivity contribution in [3.05, 3.63) is 78.1 Å². The van der Waals surface area contributed by atoms with Gasteiger partial charge in [0.05, 0.1) is 23.1 Å². The Labute approximate surface area is 226 Å². The lowest BCUT2D eigenvalue weighted by molar-refractivity contribution is 0.220. The number of pyridine rings is 1. The Morgan fingerprint density at radius 1 is 0.974 bits per heavy atom. The number of fused-ring (bicyclic) bond motifs is 1. The van der Waals surface area contributed by atoms with Gasteiger partial charge in [0.2, 0.25) is 0 Å². The number of hydrogen-bond acceptors (Lipinski definition) is 6. The van der Waals surface area contributed by atoms with Gasteiger partial charge in [0.1, 0.15) is 11.5 Å². The van der Waals surface area contributed by atoms with Crippen LogP contribution in [0.2, 0.25) is 0 Å². The summed E-state index contributed by atoms with van der Waals surface area (Å²) in [6, 6.07) is 12.5. The van der Waals surface area contributed by atoms with Crippen LogP contribution in [0, 0.1) is 11.6 Å². The second-order valence-electron chi connectivity index (χ2n) is 10.4. The van der Waals surface area contributed by atoms with E-state index in [1.807, 2.05) is 24.3 Å². The number of H-pyrrole nitrogens is 1. The molecule has 0 bridgehead atoms. The van der Waals surface area contributed by atoms with E-state index < -0.39 is 11.6 Å². The van der Waals surface area contributed by atoms with Gasteiger partial charge in [-0.25, -0.2) is 13.8 Å². The minimum Gasteiger partial charge on any atom is -0.354 e. The van der Waals surface area contributed by atoms with Gasteiger partial charge in [-0.15, -0.1) is 0 Å². The maximum atomic E-state index is 15.0. The van der Waals surface area contributed by atoms with Gasteiger partial charge >= 0.3 is 0 Å². The summed E-state index contributed by atoms with van der Waals surface area (Å²) in [4.78, 5) is 9.16. The Morgan fingerprint density at radius 3 is 2.56 bits per heavy atom. The van der Waals surface area contributed by atoms with Crippen LogP contribution >= 0.6 is 0 Å². The summed E-state index contributed by atoms with van der Waals surface area (Å²) in [6.45, 7) is 10.5. The summed E-state index contributed by atoms with van der Waals surface area (Å²) in [5.74, 6) is -0.719. The van der Waals surface area contributed by atoms with E-state index in [1.54, 1.807) is 18.3 Å². The smallest absolute Gasteiger partial charge is 0.166 e. The normalized spacial score (nSPS) is 16.5. The van der Waals surface area contributed by atoms with Crippen molar-refractivity contribution in [2.45, 2.75) is 25.8 Å². The van der Waals surface area contributed by atoms with Crippen LogP contribution in [0.5, 0.6) is 0 Å². The van der Waals surface area contributed by atoms with Crippen molar-refractivity contribution in [1.29, 1.82) is 0 Å². The van der Waals surface area contributed by atoms with Gasteiger partial charge < -0.3 is 15.5 Å². The number of nitrogens with zero attached hydrogens (tertiary/aromatic N) is 4. The SMILES string of the molecule is C=C(Nc1ccc(N2CCNCC2)nc1)c1n[nH]c2ccc(-c3cc(CN4CCCCC4)cc(F)c3F)cc12. The Morgan fingerprint density at radius 2 is 1.79 bits per heavy atom. The number of nitrogens with one attached hydrogen (secondary N) is 3. The quantitative estimate of drug-likeness (QED) is 0.299. The zero-order valence-electron chi connectivity index (χ0n) is 21.9. The maximum Gasteiger partial charge on any atom is 0.166 e. The van der Waals surface area contributed by atoms with Gasteiger partial charge in [-0.2, -0.15) is 5.10 Å². The number of aromatic nitrogens is 3. The molecule has 0 aliphatic carbocycles. The highest BCUT2D eigenvalue weighted by Gasteiger charge is 2.18. The van der Waals surface area contributed by atoms with E-state index in [0.29, 0.717) is 23.5 Å². The molecule has 0 saturated carbocycles. The van der Waals surface area contributed by atoms with Crippen LogP contribution in [0.15, 0.2) is 55.2 Å². The third-order valence-electron chi connectivity index (χ3n) is 7.59. The van der Waals surface area contributed by atoms with Gasteiger partial charge in [-0.3, -0.25) is 10.00 Å². The molecule has 0 unspecified atom stereocenters. The predicted octanol–water partition coefficient (Wildman–Crippen LogP) is 5.38. The van der Waals surface area contributed by atoms with Crippen LogP contribution in [-0.4, -0.2) is 59.3 Å². The monoisotopic (exact) mass is 529 g/mol. The summed E-state index contributed by atoms with van der Waals surface area (Å²) in [5.41, 5.74) is 4.41. The fraction of sp³-hybridized carbons (Fsp3) is 0.333. The first-order chi connectivity index (χ1) is 19.0. The number of aromatic amines is 1. The van der Waals surface area contributed by atoms with Crippen molar-refractivity contribution in [1.82, 2.24) is 25.4 Å². The van der Waals surface area contributed by atoms with Crippen LogP contribution in [0.25, 0.3) is 27.7 Å². The maximum absolute atomic E-state index is 15.0. The van der Waals surface area contributed by atoms with Crippen LogP contribution in [0.3, 0.4) is 0 Å². The molecule has 39 heavy (non-hydrogen) atoms. The zero-order chi connectivity index (χ0) is 26.8. The molecule has 202 valence electrons. The molecular weight excluding hydrogens is 496 g/mol. The van der Waals surface area contributed by atoms with Crippen molar-refractivity contribution in [2.75, 3.05) is 49.5 Å². The Kier molecular flexibility index (Phi) is 7.26. The minimum atomic E-state index is -0.839. The molecule has 0 radical (unpaired) electrons. The molecule has 4 aromatic rings. The first kappa shape index (κ1) is 25.5. The highest BCUT2D eigenvalue weighted by Crippen LogP contribution is 2.32. The molecule has 2 aromatic carbocycles. The number of benzene rings is 2. The summed E-state index contributed by atoms with van der Waals surface area (Å²) in [6.07, 6.45) is 5.30. The topological polar surface area (TPSA) is 72.1 Å². The first-order valence-corrected chi connectivity index (χ1v) is 13.6. The summed E-state index contributed by atoms with van der Waals surface area (Å²) < 4.78 is 29.7. The van der Waals surface area contributed by atoms with Crippen molar-refractivity contribution < 1.29 is 8.78 Å². The molecule has 2 fully saturated rings. The van der Waals surface area contributed by atoms with E-state index in [2.05, 4.69) is 42.2 Å². The summed E-state index contributed by atoms with van der Waals surface area (Å²) >= 11 is 0.